The van der Waals surface area contributed by atoms with E-state index in [1.54, 1.807) is 31.2 Å². The molecule has 0 unspecified atom stereocenters. The SMILES string of the molecule is Cc1ccc(NC(=O)C[S@](=O)CC(=O)N(c2ccccc2C)[C@@H](C)C(=O)NC2CCCC2)cc1. The van der Waals surface area contributed by atoms with Crippen LogP contribution in [0.3, 0.4) is 0 Å². The van der Waals surface area contributed by atoms with Gasteiger partial charge in [0.25, 0.3) is 0 Å². The van der Waals surface area contributed by atoms with E-state index in [1.165, 1.54) is 4.90 Å². The zero-order valence-electron chi connectivity index (χ0n) is 20.0. The van der Waals surface area contributed by atoms with Gasteiger partial charge in [-0.1, -0.05) is 48.7 Å². The van der Waals surface area contributed by atoms with E-state index in [1.807, 2.05) is 38.1 Å². The summed E-state index contributed by atoms with van der Waals surface area (Å²) in [5.41, 5.74) is 3.11. The number of carbonyl (C=O) groups excluding carboxylic acids is 3. The highest BCUT2D eigenvalue weighted by Crippen LogP contribution is 2.24. The van der Waals surface area contributed by atoms with Gasteiger partial charge in [-0.3, -0.25) is 23.5 Å². The van der Waals surface area contributed by atoms with Gasteiger partial charge in [-0.25, -0.2) is 0 Å². The summed E-state index contributed by atoms with van der Waals surface area (Å²) in [5.74, 6) is -1.76. The first-order chi connectivity index (χ1) is 16.2. The van der Waals surface area contributed by atoms with Gasteiger partial charge in [0, 0.05) is 28.2 Å². The molecule has 0 aliphatic heterocycles. The monoisotopic (exact) mass is 483 g/mol. The van der Waals surface area contributed by atoms with Crippen LogP contribution in [0.2, 0.25) is 0 Å². The third-order valence-corrected chi connectivity index (χ3v) is 7.18. The number of para-hydroxylation sites is 1. The summed E-state index contributed by atoms with van der Waals surface area (Å²) >= 11 is 0. The van der Waals surface area contributed by atoms with Crippen LogP contribution in [0.25, 0.3) is 0 Å². The van der Waals surface area contributed by atoms with Crippen LogP contribution >= 0.6 is 0 Å². The number of hydrogen-bond acceptors (Lipinski definition) is 4. The van der Waals surface area contributed by atoms with Gasteiger partial charge in [-0.05, 0) is 57.4 Å². The molecule has 3 amide bonds. The lowest BCUT2D eigenvalue weighted by atomic mass is 10.1. The molecule has 34 heavy (non-hydrogen) atoms. The number of nitrogens with one attached hydrogen (secondary N) is 2. The predicted octanol–water partition coefficient (Wildman–Crippen LogP) is 3.47. The fourth-order valence-corrected chi connectivity index (χ4v) is 5.02. The van der Waals surface area contributed by atoms with Crippen LogP contribution in [0.15, 0.2) is 48.5 Å². The Bertz CT molecular complexity index is 1050. The zero-order valence-corrected chi connectivity index (χ0v) is 20.8. The highest BCUT2D eigenvalue weighted by Gasteiger charge is 2.31. The number of benzene rings is 2. The largest absolute Gasteiger partial charge is 0.352 e. The number of carbonyl (C=O) groups is 3. The van der Waals surface area contributed by atoms with Crippen molar-refractivity contribution in [3.63, 3.8) is 0 Å². The summed E-state index contributed by atoms with van der Waals surface area (Å²) in [6.07, 6.45) is 4.06. The Balaban J connectivity index is 1.68. The third-order valence-electron chi connectivity index (χ3n) is 6.02. The molecule has 1 saturated carbocycles. The van der Waals surface area contributed by atoms with Gasteiger partial charge in [0.15, 0.2) is 0 Å². The summed E-state index contributed by atoms with van der Waals surface area (Å²) < 4.78 is 12.7. The van der Waals surface area contributed by atoms with Crippen LogP contribution in [0.4, 0.5) is 11.4 Å². The molecule has 2 aromatic rings. The number of rotatable bonds is 9. The maximum atomic E-state index is 13.3. The minimum absolute atomic E-state index is 0.128. The van der Waals surface area contributed by atoms with Crippen molar-refractivity contribution >= 4 is 39.9 Å². The Hall–Kier alpha value is -3.00. The molecule has 0 heterocycles. The fraction of sp³-hybridized carbons (Fsp3) is 0.423. The second-order valence-corrected chi connectivity index (χ2v) is 10.3. The van der Waals surface area contributed by atoms with Crippen LogP contribution in [0, 0.1) is 13.8 Å². The first-order valence-electron chi connectivity index (χ1n) is 11.6. The minimum Gasteiger partial charge on any atom is -0.352 e. The smallest absolute Gasteiger partial charge is 0.243 e. The standard InChI is InChI=1S/C26H33N3O4S/c1-18-12-14-22(15-13-18)27-24(30)16-34(33)17-25(31)29(23-11-7-4-8-19(23)2)20(3)26(32)28-21-9-5-6-10-21/h4,7-8,11-15,20-21H,5-6,9-10,16-17H2,1-3H3,(H,27,30)(H,28,32)/t20-,34-/m0/s1. The van der Waals surface area contributed by atoms with E-state index >= 15 is 0 Å². The van der Waals surface area contributed by atoms with Gasteiger partial charge in [-0.15, -0.1) is 0 Å². The number of aryl methyl sites for hydroxylation is 2. The van der Waals surface area contributed by atoms with Gasteiger partial charge in [-0.2, -0.15) is 0 Å². The maximum Gasteiger partial charge on any atom is 0.243 e. The molecule has 2 N–H and O–H groups in total. The second-order valence-electron chi connectivity index (χ2n) is 8.86. The molecule has 182 valence electrons. The van der Waals surface area contributed by atoms with Gasteiger partial charge in [0.2, 0.25) is 17.7 Å². The predicted molar refractivity (Wildman–Crippen MR) is 136 cm³/mol. The highest BCUT2D eigenvalue weighted by molar-refractivity contribution is 7.86. The highest BCUT2D eigenvalue weighted by atomic mass is 32.2. The van der Waals surface area contributed by atoms with Crippen molar-refractivity contribution in [3.8, 4) is 0 Å². The molecule has 7 nitrogen and oxygen atoms in total. The maximum absolute atomic E-state index is 13.3. The van der Waals surface area contributed by atoms with Gasteiger partial charge in [0.05, 0.1) is 0 Å². The Morgan fingerprint density at radius 2 is 1.65 bits per heavy atom. The van der Waals surface area contributed by atoms with E-state index in [2.05, 4.69) is 10.6 Å². The number of amides is 3. The normalized spacial score (nSPS) is 15.4. The first-order valence-corrected chi connectivity index (χ1v) is 13.1. The topological polar surface area (TPSA) is 95.6 Å². The van der Waals surface area contributed by atoms with Crippen LogP contribution < -0.4 is 15.5 Å². The fourth-order valence-electron chi connectivity index (χ4n) is 4.14. The molecule has 1 aliphatic carbocycles. The Morgan fingerprint density at radius 1 is 1.00 bits per heavy atom. The van der Waals surface area contributed by atoms with E-state index in [0.29, 0.717) is 11.4 Å². The Morgan fingerprint density at radius 3 is 2.29 bits per heavy atom. The summed E-state index contributed by atoms with van der Waals surface area (Å²) in [4.78, 5) is 40.0. The average Bonchev–Trinajstić information content (AvgIpc) is 3.29. The van der Waals surface area contributed by atoms with Crippen LogP contribution in [0.5, 0.6) is 0 Å². The van der Waals surface area contributed by atoms with Crippen molar-refractivity contribution in [1.82, 2.24) is 5.32 Å². The lowest BCUT2D eigenvalue weighted by Gasteiger charge is -2.30. The molecule has 3 rings (SSSR count). The molecule has 0 saturated heterocycles. The van der Waals surface area contributed by atoms with Crippen molar-refractivity contribution in [2.24, 2.45) is 0 Å². The number of nitrogens with zero attached hydrogens (tertiary/aromatic N) is 1. The summed E-state index contributed by atoms with van der Waals surface area (Å²) in [5, 5.41) is 5.75. The summed E-state index contributed by atoms with van der Waals surface area (Å²) in [7, 11) is -1.73. The Kier molecular flexibility index (Phi) is 8.98. The van der Waals surface area contributed by atoms with Crippen molar-refractivity contribution in [2.45, 2.75) is 58.5 Å². The third kappa shape index (κ3) is 7.00. The van der Waals surface area contributed by atoms with Crippen LogP contribution in [-0.4, -0.2) is 45.5 Å². The molecule has 0 radical (unpaired) electrons. The zero-order chi connectivity index (χ0) is 24.7. The van der Waals surface area contributed by atoms with Crippen LogP contribution in [0.1, 0.15) is 43.7 Å². The number of hydrogen-bond donors (Lipinski definition) is 2. The van der Waals surface area contributed by atoms with E-state index in [9.17, 15) is 18.6 Å². The molecule has 0 spiro atoms. The van der Waals surface area contributed by atoms with E-state index < -0.39 is 28.7 Å². The molecule has 0 bridgehead atoms. The molecule has 1 fully saturated rings. The van der Waals surface area contributed by atoms with E-state index in [-0.39, 0.29) is 23.5 Å². The quantitative estimate of drug-likeness (QED) is 0.571. The van der Waals surface area contributed by atoms with Crippen molar-refractivity contribution in [1.29, 1.82) is 0 Å². The second kappa shape index (κ2) is 11.9. The lowest BCUT2D eigenvalue weighted by Crippen LogP contribution is -2.51. The summed E-state index contributed by atoms with van der Waals surface area (Å²) in [6, 6.07) is 13.9. The van der Waals surface area contributed by atoms with Crippen molar-refractivity contribution < 1.29 is 18.6 Å². The molecular formula is C26H33N3O4S. The van der Waals surface area contributed by atoms with E-state index in [4.69, 9.17) is 0 Å². The minimum atomic E-state index is -1.73. The number of anilines is 2. The van der Waals surface area contributed by atoms with Crippen LogP contribution in [-0.2, 0) is 25.2 Å². The van der Waals surface area contributed by atoms with Gasteiger partial charge < -0.3 is 10.6 Å². The van der Waals surface area contributed by atoms with Gasteiger partial charge in [0.1, 0.15) is 17.5 Å². The van der Waals surface area contributed by atoms with Crippen molar-refractivity contribution in [2.75, 3.05) is 21.7 Å². The lowest BCUT2D eigenvalue weighted by molar-refractivity contribution is -0.125. The summed E-state index contributed by atoms with van der Waals surface area (Å²) in [6.45, 7) is 5.49. The molecule has 8 heteroatoms. The Labute approximate surface area is 203 Å². The van der Waals surface area contributed by atoms with Gasteiger partial charge >= 0.3 is 0 Å². The molecule has 0 aromatic heterocycles. The molecule has 2 atom stereocenters. The molecule has 1 aliphatic rings. The molecular weight excluding hydrogens is 450 g/mol. The molecule has 2 aromatic carbocycles. The van der Waals surface area contributed by atoms with E-state index in [0.717, 1.165) is 36.8 Å². The van der Waals surface area contributed by atoms with Crippen molar-refractivity contribution in [3.05, 3.63) is 59.7 Å². The average molecular weight is 484 g/mol. The first kappa shape index (κ1) is 25.6.